The summed E-state index contributed by atoms with van der Waals surface area (Å²) in [4.78, 5) is 23.7. The third-order valence-electron chi connectivity index (χ3n) is 3.91. The second-order valence-electron chi connectivity index (χ2n) is 5.92. The zero-order valence-corrected chi connectivity index (χ0v) is 14.1. The Labute approximate surface area is 150 Å². The fourth-order valence-electron chi connectivity index (χ4n) is 2.56. The summed E-state index contributed by atoms with van der Waals surface area (Å²) in [5.74, 6) is -0.261. The number of aliphatic hydroxyl groups excluding tert-OH is 1. The third kappa shape index (κ3) is 4.73. The van der Waals surface area contributed by atoms with Gasteiger partial charge in [0.05, 0.1) is 6.10 Å². The minimum Gasteiger partial charge on any atom is -0.454 e. The molecule has 2 amide bonds. The van der Waals surface area contributed by atoms with E-state index in [-0.39, 0.29) is 19.9 Å². The Morgan fingerprint density at radius 3 is 2.50 bits per heavy atom. The number of carbonyl (C=O) groups is 2. The van der Waals surface area contributed by atoms with Gasteiger partial charge >= 0.3 is 11.8 Å². The summed E-state index contributed by atoms with van der Waals surface area (Å²) in [5.41, 5.74) is 1.75. The minimum atomic E-state index is -0.780. The van der Waals surface area contributed by atoms with Crippen molar-refractivity contribution in [3.63, 3.8) is 0 Å². The van der Waals surface area contributed by atoms with Crippen LogP contribution in [-0.4, -0.2) is 36.4 Å². The molecule has 136 valence electrons. The fraction of sp³-hybridized carbons (Fsp3) is 0.263. The van der Waals surface area contributed by atoms with Crippen molar-refractivity contribution in [2.24, 2.45) is 0 Å². The summed E-state index contributed by atoms with van der Waals surface area (Å²) in [5, 5.41) is 14.9. The van der Waals surface area contributed by atoms with Crippen LogP contribution in [0.2, 0.25) is 0 Å². The highest BCUT2D eigenvalue weighted by Gasteiger charge is 2.16. The monoisotopic (exact) mass is 356 g/mol. The molecule has 0 aromatic heterocycles. The highest BCUT2D eigenvalue weighted by Crippen LogP contribution is 2.32. The molecule has 1 unspecified atom stereocenters. The number of aliphatic hydroxyl groups is 1. The predicted molar refractivity (Wildman–Crippen MR) is 93.6 cm³/mol. The number of hydrogen-bond donors (Lipinski definition) is 3. The van der Waals surface area contributed by atoms with E-state index in [1.807, 2.05) is 30.3 Å². The van der Waals surface area contributed by atoms with Crippen LogP contribution < -0.4 is 20.1 Å². The number of rotatable bonds is 6. The van der Waals surface area contributed by atoms with Gasteiger partial charge in [0.1, 0.15) is 0 Å². The van der Waals surface area contributed by atoms with Crippen molar-refractivity contribution in [3.8, 4) is 11.5 Å². The Bertz CT molecular complexity index is 779. The summed E-state index contributed by atoms with van der Waals surface area (Å²) in [7, 11) is 0. The van der Waals surface area contributed by atoms with Crippen molar-refractivity contribution in [2.45, 2.75) is 19.1 Å². The van der Waals surface area contributed by atoms with E-state index in [0.717, 1.165) is 11.1 Å². The molecule has 3 rings (SSSR count). The van der Waals surface area contributed by atoms with Crippen LogP contribution in [0, 0.1) is 0 Å². The van der Waals surface area contributed by atoms with E-state index in [2.05, 4.69) is 10.6 Å². The number of fused-ring (bicyclic) bond motifs is 1. The second kappa shape index (κ2) is 8.35. The number of nitrogens with one attached hydrogen (secondary N) is 2. The molecular weight excluding hydrogens is 336 g/mol. The molecule has 0 fully saturated rings. The average Bonchev–Trinajstić information content (AvgIpc) is 3.12. The molecule has 0 spiro atoms. The topological polar surface area (TPSA) is 96.9 Å². The molecule has 0 saturated heterocycles. The third-order valence-corrected chi connectivity index (χ3v) is 3.91. The lowest BCUT2D eigenvalue weighted by Gasteiger charge is -2.12. The molecule has 7 heteroatoms. The van der Waals surface area contributed by atoms with Gasteiger partial charge in [-0.05, 0) is 23.3 Å². The minimum absolute atomic E-state index is 0.00513. The van der Waals surface area contributed by atoms with E-state index >= 15 is 0 Å². The fourth-order valence-corrected chi connectivity index (χ4v) is 2.56. The first kappa shape index (κ1) is 17.8. The van der Waals surface area contributed by atoms with Crippen molar-refractivity contribution < 1.29 is 24.2 Å². The van der Waals surface area contributed by atoms with Crippen LogP contribution in [0.15, 0.2) is 48.5 Å². The van der Waals surface area contributed by atoms with Gasteiger partial charge < -0.3 is 25.2 Å². The standard InChI is InChI=1S/C19H20N2O5/c22-15(8-13-4-2-1-3-5-13)11-21-19(24)18(23)20-10-14-6-7-16-17(9-14)26-12-25-16/h1-7,9,15,22H,8,10-12H2,(H,20,23)(H,21,24). The maximum Gasteiger partial charge on any atom is 0.309 e. The first-order chi connectivity index (χ1) is 12.6. The van der Waals surface area contributed by atoms with Crippen LogP contribution in [-0.2, 0) is 22.6 Å². The Morgan fingerprint density at radius 2 is 1.69 bits per heavy atom. The summed E-state index contributed by atoms with van der Waals surface area (Å²) < 4.78 is 10.5. The summed E-state index contributed by atoms with van der Waals surface area (Å²) in [6.07, 6.45) is -0.358. The molecule has 2 aromatic rings. The Morgan fingerprint density at radius 1 is 0.962 bits per heavy atom. The zero-order chi connectivity index (χ0) is 18.4. The van der Waals surface area contributed by atoms with Crippen LogP contribution >= 0.6 is 0 Å². The molecule has 0 bridgehead atoms. The highest BCUT2D eigenvalue weighted by molar-refractivity contribution is 6.35. The first-order valence-electron chi connectivity index (χ1n) is 8.28. The Balaban J connectivity index is 1.41. The number of carbonyl (C=O) groups excluding carboxylic acids is 2. The van der Waals surface area contributed by atoms with E-state index in [1.54, 1.807) is 18.2 Å². The summed E-state index contributed by atoms with van der Waals surface area (Å²) in [6.45, 7) is 0.374. The predicted octanol–water partition coefficient (Wildman–Crippen LogP) is 0.751. The molecule has 0 aliphatic carbocycles. The van der Waals surface area contributed by atoms with Gasteiger partial charge in [-0.3, -0.25) is 9.59 Å². The molecule has 1 aliphatic rings. The largest absolute Gasteiger partial charge is 0.454 e. The quantitative estimate of drug-likeness (QED) is 0.664. The molecule has 1 aliphatic heterocycles. The molecule has 1 atom stereocenters. The molecule has 26 heavy (non-hydrogen) atoms. The van der Waals surface area contributed by atoms with Gasteiger partial charge in [-0.1, -0.05) is 36.4 Å². The Hall–Kier alpha value is -3.06. The maximum atomic E-state index is 11.9. The smallest absolute Gasteiger partial charge is 0.309 e. The van der Waals surface area contributed by atoms with Gasteiger partial charge in [0.15, 0.2) is 11.5 Å². The van der Waals surface area contributed by atoms with E-state index in [0.29, 0.717) is 17.9 Å². The number of hydrogen-bond acceptors (Lipinski definition) is 5. The summed E-state index contributed by atoms with van der Waals surface area (Å²) >= 11 is 0. The van der Waals surface area contributed by atoms with Gasteiger partial charge in [0.2, 0.25) is 6.79 Å². The maximum absolute atomic E-state index is 11.9. The summed E-state index contributed by atoms with van der Waals surface area (Å²) in [6, 6.07) is 14.7. The number of benzene rings is 2. The van der Waals surface area contributed by atoms with Crippen molar-refractivity contribution >= 4 is 11.8 Å². The average molecular weight is 356 g/mol. The molecule has 7 nitrogen and oxygen atoms in total. The molecule has 0 radical (unpaired) electrons. The van der Waals surface area contributed by atoms with E-state index in [1.165, 1.54) is 0 Å². The lowest BCUT2D eigenvalue weighted by molar-refractivity contribution is -0.139. The SMILES string of the molecule is O=C(NCc1ccc2c(c1)OCO2)C(=O)NCC(O)Cc1ccccc1. The van der Waals surface area contributed by atoms with Gasteiger partial charge in [-0.25, -0.2) is 0 Å². The van der Waals surface area contributed by atoms with Gasteiger partial charge in [-0.2, -0.15) is 0 Å². The second-order valence-corrected chi connectivity index (χ2v) is 5.92. The number of ether oxygens (including phenoxy) is 2. The Kier molecular flexibility index (Phi) is 5.70. The van der Waals surface area contributed by atoms with Crippen LogP contribution in [0.4, 0.5) is 0 Å². The van der Waals surface area contributed by atoms with Crippen LogP contribution in [0.5, 0.6) is 11.5 Å². The van der Waals surface area contributed by atoms with Crippen molar-refractivity contribution in [1.82, 2.24) is 10.6 Å². The normalized spacial score (nSPS) is 13.1. The zero-order valence-electron chi connectivity index (χ0n) is 14.1. The van der Waals surface area contributed by atoms with Gasteiger partial charge in [-0.15, -0.1) is 0 Å². The van der Waals surface area contributed by atoms with E-state index < -0.39 is 17.9 Å². The molecule has 3 N–H and O–H groups in total. The van der Waals surface area contributed by atoms with Gasteiger partial charge in [0.25, 0.3) is 0 Å². The van der Waals surface area contributed by atoms with Gasteiger partial charge in [0, 0.05) is 19.5 Å². The van der Waals surface area contributed by atoms with Crippen molar-refractivity contribution in [1.29, 1.82) is 0 Å². The molecule has 0 saturated carbocycles. The van der Waals surface area contributed by atoms with Crippen LogP contribution in [0.25, 0.3) is 0 Å². The van der Waals surface area contributed by atoms with Crippen molar-refractivity contribution in [2.75, 3.05) is 13.3 Å². The highest BCUT2D eigenvalue weighted by atomic mass is 16.7. The molecule has 2 aromatic carbocycles. The first-order valence-corrected chi connectivity index (χ1v) is 8.28. The van der Waals surface area contributed by atoms with E-state index in [9.17, 15) is 14.7 Å². The lowest BCUT2D eigenvalue weighted by Crippen LogP contribution is -2.42. The van der Waals surface area contributed by atoms with E-state index in [4.69, 9.17) is 9.47 Å². The van der Waals surface area contributed by atoms with Crippen LogP contribution in [0.3, 0.4) is 0 Å². The lowest BCUT2D eigenvalue weighted by atomic mass is 10.1. The number of amides is 2. The molecule has 1 heterocycles. The molecular formula is C19H20N2O5. The van der Waals surface area contributed by atoms with Crippen LogP contribution in [0.1, 0.15) is 11.1 Å². The van der Waals surface area contributed by atoms with Crippen molar-refractivity contribution in [3.05, 3.63) is 59.7 Å².